The minimum atomic E-state index is -3.57. The maximum atomic E-state index is 12.9. The monoisotopic (exact) mass is 409 g/mol. The summed E-state index contributed by atoms with van der Waals surface area (Å²) in [5, 5.41) is 5.45. The van der Waals surface area contributed by atoms with Crippen molar-refractivity contribution < 1.29 is 18.0 Å². The third-order valence-corrected chi connectivity index (χ3v) is 6.77. The number of nitrogens with zero attached hydrogens (tertiary/aromatic N) is 1. The van der Waals surface area contributed by atoms with Crippen LogP contribution in [0.5, 0.6) is 0 Å². The van der Waals surface area contributed by atoms with E-state index in [1.807, 2.05) is 33.8 Å². The molecule has 0 unspecified atom stereocenters. The number of hydrogen-bond donors (Lipinski definition) is 2. The number of sulfonamides is 1. The first-order valence-electron chi connectivity index (χ1n) is 9.56. The lowest BCUT2D eigenvalue weighted by molar-refractivity contribution is -0.129. The van der Waals surface area contributed by atoms with Crippen LogP contribution in [0.15, 0.2) is 23.1 Å². The summed E-state index contributed by atoms with van der Waals surface area (Å²) in [6.45, 7) is 9.86. The van der Waals surface area contributed by atoms with Crippen molar-refractivity contribution in [3.8, 4) is 0 Å². The minimum Gasteiger partial charge on any atom is -0.350 e. The molecule has 156 valence electrons. The van der Waals surface area contributed by atoms with Gasteiger partial charge in [0.2, 0.25) is 21.8 Å². The number of benzene rings is 1. The van der Waals surface area contributed by atoms with Crippen LogP contribution in [0.4, 0.5) is 0 Å². The Morgan fingerprint density at radius 2 is 1.75 bits per heavy atom. The van der Waals surface area contributed by atoms with E-state index in [2.05, 4.69) is 10.6 Å². The van der Waals surface area contributed by atoms with Crippen LogP contribution in [0.25, 0.3) is 0 Å². The van der Waals surface area contributed by atoms with Gasteiger partial charge in [0, 0.05) is 24.5 Å². The Kier molecular flexibility index (Phi) is 6.88. The molecule has 7 nitrogen and oxygen atoms in total. The highest BCUT2D eigenvalue weighted by atomic mass is 32.2. The van der Waals surface area contributed by atoms with Gasteiger partial charge >= 0.3 is 0 Å². The molecular weight excluding hydrogens is 378 g/mol. The Balaban J connectivity index is 1.91. The van der Waals surface area contributed by atoms with Gasteiger partial charge < -0.3 is 10.6 Å². The number of carbonyl (C=O) groups is 2. The summed E-state index contributed by atoms with van der Waals surface area (Å²) < 4.78 is 27.3. The first-order chi connectivity index (χ1) is 12.9. The predicted molar refractivity (Wildman–Crippen MR) is 108 cm³/mol. The molecule has 2 rings (SSSR count). The molecule has 0 bridgehead atoms. The maximum absolute atomic E-state index is 12.9. The van der Waals surface area contributed by atoms with Gasteiger partial charge in [0.25, 0.3) is 0 Å². The average molecular weight is 410 g/mol. The van der Waals surface area contributed by atoms with Crippen molar-refractivity contribution in [2.75, 3.05) is 19.6 Å². The molecule has 2 N–H and O–H groups in total. The van der Waals surface area contributed by atoms with Gasteiger partial charge in [-0.15, -0.1) is 0 Å². The van der Waals surface area contributed by atoms with Gasteiger partial charge in [0.15, 0.2) is 0 Å². The predicted octanol–water partition coefficient (Wildman–Crippen LogP) is 1.74. The van der Waals surface area contributed by atoms with E-state index in [0.29, 0.717) is 30.8 Å². The van der Waals surface area contributed by atoms with E-state index in [1.165, 1.54) is 4.31 Å². The molecule has 8 heteroatoms. The topological polar surface area (TPSA) is 95.6 Å². The normalized spacial score (nSPS) is 16.6. The number of amides is 2. The molecule has 1 heterocycles. The summed E-state index contributed by atoms with van der Waals surface area (Å²) in [6, 6.07) is 5.30. The zero-order valence-electron chi connectivity index (χ0n) is 17.3. The number of aryl methyl sites for hydroxylation is 2. The molecule has 0 saturated carbocycles. The molecule has 0 spiro atoms. The van der Waals surface area contributed by atoms with E-state index in [9.17, 15) is 18.0 Å². The van der Waals surface area contributed by atoms with E-state index in [0.717, 1.165) is 11.1 Å². The first kappa shape index (κ1) is 22.4. The molecule has 1 aliphatic rings. The minimum absolute atomic E-state index is 0.0722. The van der Waals surface area contributed by atoms with Crippen LogP contribution >= 0.6 is 0 Å². The van der Waals surface area contributed by atoms with Crippen molar-refractivity contribution in [2.45, 2.75) is 57.9 Å². The third kappa shape index (κ3) is 5.78. The molecule has 0 atom stereocenters. The van der Waals surface area contributed by atoms with Crippen LogP contribution in [-0.2, 0) is 19.6 Å². The standard InChI is InChI=1S/C20H31N3O4S/c1-14-6-7-17(15(2)12-14)28(26,27)23-10-8-16(9-11-23)19(25)21-13-18(24)22-20(3,4)5/h6-7,12,16H,8-11,13H2,1-5H3,(H,21,25)(H,22,24). The van der Waals surface area contributed by atoms with E-state index >= 15 is 0 Å². The van der Waals surface area contributed by atoms with Gasteiger partial charge in [0.1, 0.15) is 0 Å². The Morgan fingerprint density at radius 1 is 1.14 bits per heavy atom. The summed E-state index contributed by atoms with van der Waals surface area (Å²) in [4.78, 5) is 24.5. The second kappa shape index (κ2) is 8.61. The van der Waals surface area contributed by atoms with E-state index in [1.54, 1.807) is 19.1 Å². The molecule has 1 aliphatic heterocycles. The molecule has 0 aromatic heterocycles. The fourth-order valence-electron chi connectivity index (χ4n) is 3.36. The van der Waals surface area contributed by atoms with Gasteiger partial charge in [-0.3, -0.25) is 9.59 Å². The zero-order valence-corrected chi connectivity index (χ0v) is 18.1. The lowest BCUT2D eigenvalue weighted by atomic mass is 9.97. The van der Waals surface area contributed by atoms with E-state index in [-0.39, 0.29) is 29.8 Å². The summed E-state index contributed by atoms with van der Waals surface area (Å²) in [6.07, 6.45) is 0.883. The lowest BCUT2D eigenvalue weighted by Gasteiger charge is -2.31. The lowest BCUT2D eigenvalue weighted by Crippen LogP contribution is -2.48. The summed E-state index contributed by atoms with van der Waals surface area (Å²) in [7, 11) is -3.57. The van der Waals surface area contributed by atoms with Crippen molar-refractivity contribution >= 4 is 21.8 Å². The molecule has 1 aromatic carbocycles. The van der Waals surface area contributed by atoms with Crippen LogP contribution in [0.2, 0.25) is 0 Å². The number of nitrogens with one attached hydrogen (secondary N) is 2. The molecule has 0 radical (unpaired) electrons. The highest BCUT2D eigenvalue weighted by Gasteiger charge is 2.33. The molecule has 0 aliphatic carbocycles. The second-order valence-electron chi connectivity index (χ2n) is 8.46. The first-order valence-corrected chi connectivity index (χ1v) is 11.0. The molecule has 1 saturated heterocycles. The average Bonchev–Trinajstić information content (AvgIpc) is 2.58. The summed E-state index contributed by atoms with van der Waals surface area (Å²) in [5.74, 6) is -0.726. The molecule has 2 amide bonds. The van der Waals surface area contributed by atoms with Crippen molar-refractivity contribution in [1.82, 2.24) is 14.9 Å². The second-order valence-corrected chi connectivity index (χ2v) is 10.4. The maximum Gasteiger partial charge on any atom is 0.243 e. The van der Waals surface area contributed by atoms with E-state index < -0.39 is 10.0 Å². The van der Waals surface area contributed by atoms with Crippen LogP contribution < -0.4 is 10.6 Å². The Hall–Kier alpha value is -1.93. The highest BCUT2D eigenvalue weighted by Crippen LogP contribution is 2.26. The SMILES string of the molecule is Cc1ccc(S(=O)(=O)N2CCC(C(=O)NCC(=O)NC(C)(C)C)CC2)c(C)c1. The largest absolute Gasteiger partial charge is 0.350 e. The van der Waals surface area contributed by atoms with Crippen molar-refractivity contribution in [2.24, 2.45) is 5.92 Å². The molecule has 1 aromatic rings. The Labute approximate surface area is 167 Å². The Morgan fingerprint density at radius 3 is 2.29 bits per heavy atom. The number of hydrogen-bond acceptors (Lipinski definition) is 4. The number of rotatable bonds is 5. The van der Waals surface area contributed by atoms with Crippen molar-refractivity contribution in [1.29, 1.82) is 0 Å². The highest BCUT2D eigenvalue weighted by molar-refractivity contribution is 7.89. The van der Waals surface area contributed by atoms with Crippen LogP contribution in [-0.4, -0.2) is 49.7 Å². The molecular formula is C20H31N3O4S. The van der Waals surface area contributed by atoms with E-state index in [4.69, 9.17) is 0 Å². The quantitative estimate of drug-likeness (QED) is 0.774. The zero-order chi connectivity index (χ0) is 21.1. The fourth-order valence-corrected chi connectivity index (χ4v) is 5.04. The summed E-state index contributed by atoms with van der Waals surface area (Å²) in [5.41, 5.74) is 1.39. The van der Waals surface area contributed by atoms with Gasteiger partial charge in [-0.2, -0.15) is 4.31 Å². The van der Waals surface area contributed by atoms with Crippen molar-refractivity contribution in [3.63, 3.8) is 0 Å². The number of carbonyl (C=O) groups excluding carboxylic acids is 2. The molecule has 1 fully saturated rings. The molecule has 28 heavy (non-hydrogen) atoms. The Bertz CT molecular complexity index is 835. The third-order valence-electron chi connectivity index (χ3n) is 4.71. The number of piperidine rings is 1. The van der Waals surface area contributed by atoms with Gasteiger partial charge in [-0.05, 0) is 59.1 Å². The van der Waals surface area contributed by atoms with Crippen molar-refractivity contribution in [3.05, 3.63) is 29.3 Å². The smallest absolute Gasteiger partial charge is 0.243 e. The van der Waals surface area contributed by atoms with Crippen LogP contribution in [0.3, 0.4) is 0 Å². The fraction of sp³-hybridized carbons (Fsp3) is 0.600. The van der Waals surface area contributed by atoms with Crippen LogP contribution in [0.1, 0.15) is 44.7 Å². The van der Waals surface area contributed by atoms with Gasteiger partial charge in [-0.1, -0.05) is 17.7 Å². The summed E-state index contributed by atoms with van der Waals surface area (Å²) >= 11 is 0. The van der Waals surface area contributed by atoms with Gasteiger partial charge in [-0.25, -0.2) is 8.42 Å². The van der Waals surface area contributed by atoms with Gasteiger partial charge in [0.05, 0.1) is 11.4 Å². The van der Waals surface area contributed by atoms with Crippen LogP contribution in [0, 0.1) is 19.8 Å².